The molecule has 19 heteroatoms. The zero-order chi connectivity index (χ0) is 50.1. The highest BCUT2D eigenvalue weighted by atomic mass is 35.5. The molecule has 2 unspecified atom stereocenters. The molecule has 6 fully saturated rings. The van der Waals surface area contributed by atoms with Crippen molar-refractivity contribution in [2.45, 2.75) is 145 Å². The van der Waals surface area contributed by atoms with Crippen LogP contribution < -0.4 is 20.4 Å². The molecule has 0 radical (unpaired) electrons. The van der Waals surface area contributed by atoms with Crippen LogP contribution in [-0.4, -0.2) is 138 Å². The Kier molecular flexibility index (Phi) is 16.3. The third-order valence-corrected chi connectivity index (χ3v) is 17.7. The third kappa shape index (κ3) is 11.5. The molecule has 384 valence electrons. The van der Waals surface area contributed by atoms with Crippen molar-refractivity contribution in [3.05, 3.63) is 46.5 Å². The maximum absolute atomic E-state index is 14.4. The summed E-state index contributed by atoms with van der Waals surface area (Å²) in [6, 6.07) is 3.64. The first kappa shape index (κ1) is 52.1. The molecule has 4 bridgehead atoms. The largest absolute Gasteiger partial charge is 0.495 e. The van der Waals surface area contributed by atoms with Crippen molar-refractivity contribution in [3.63, 3.8) is 0 Å². The number of hydrogen-bond acceptors (Lipinski definition) is 14. The number of fused-ring (bicyclic) bond motifs is 5. The number of carbonyl (C=O) groups is 6. The Morgan fingerprint density at radius 1 is 0.986 bits per heavy atom. The number of likely N-dealkylation sites (tertiary alicyclic amines) is 1. The number of nitrogens with zero attached hydrogens (tertiary/aromatic N) is 3. The van der Waals surface area contributed by atoms with Crippen LogP contribution in [0.3, 0.4) is 0 Å². The number of epoxide rings is 1. The number of imide groups is 1. The minimum absolute atomic E-state index is 0.0297. The molecule has 5 heterocycles. The topological polar surface area (TPSA) is 206 Å². The Bertz CT molecular complexity index is 2230. The van der Waals surface area contributed by atoms with E-state index in [0.717, 1.165) is 69.2 Å². The van der Waals surface area contributed by atoms with Gasteiger partial charge in [-0.1, -0.05) is 42.3 Å². The molecule has 7 aliphatic rings. The number of alkyl carbamates (subject to hydrolysis) is 1. The molecule has 70 heavy (non-hydrogen) atoms. The second-order valence-electron chi connectivity index (χ2n) is 20.8. The summed E-state index contributed by atoms with van der Waals surface area (Å²) >= 11 is 8.38. The zero-order valence-electron chi connectivity index (χ0n) is 41.2. The first-order chi connectivity index (χ1) is 33.4. The van der Waals surface area contributed by atoms with Crippen molar-refractivity contribution >= 4 is 64.7 Å². The fourth-order valence-electron chi connectivity index (χ4n) is 11.2. The number of carbonyl (C=O) groups excluding carboxylic acids is 6. The van der Waals surface area contributed by atoms with Crippen LogP contribution in [0.25, 0.3) is 0 Å². The van der Waals surface area contributed by atoms with Gasteiger partial charge in [0.2, 0.25) is 23.6 Å². The second-order valence-corrected chi connectivity index (χ2v) is 22.5. The minimum atomic E-state index is -1.82. The van der Waals surface area contributed by atoms with Gasteiger partial charge in [0.15, 0.2) is 5.72 Å². The molecule has 3 N–H and O–H groups in total. The summed E-state index contributed by atoms with van der Waals surface area (Å²) in [6.07, 6.45) is 8.21. The lowest BCUT2D eigenvalue weighted by Gasteiger charge is -2.42. The summed E-state index contributed by atoms with van der Waals surface area (Å²) in [7, 11) is 4.57. The number of anilines is 1. The molecule has 8 atom stereocenters. The summed E-state index contributed by atoms with van der Waals surface area (Å²) in [5.41, 5.74) is 2.20. The summed E-state index contributed by atoms with van der Waals surface area (Å²) in [5, 5.41) is 16.2. The van der Waals surface area contributed by atoms with E-state index in [1.165, 1.54) is 35.8 Å². The molecule has 17 nitrogen and oxygen atoms in total. The molecule has 5 amide bonds. The highest BCUT2D eigenvalue weighted by Crippen LogP contribution is 2.50. The van der Waals surface area contributed by atoms with Gasteiger partial charge in [-0.2, -0.15) is 0 Å². The Morgan fingerprint density at radius 2 is 1.69 bits per heavy atom. The van der Waals surface area contributed by atoms with E-state index in [0.29, 0.717) is 43.0 Å². The number of hydrazine groups is 1. The third-order valence-electron chi connectivity index (χ3n) is 15.9. The molecule has 8 rings (SSSR count). The van der Waals surface area contributed by atoms with Crippen molar-refractivity contribution in [2.24, 2.45) is 29.6 Å². The monoisotopic (exact) mass is 1010 g/mol. The molecule has 0 spiro atoms. The smallest absolute Gasteiger partial charge is 0.409 e. The van der Waals surface area contributed by atoms with Crippen molar-refractivity contribution < 1.29 is 57.6 Å². The van der Waals surface area contributed by atoms with E-state index in [1.54, 1.807) is 26.1 Å². The summed E-state index contributed by atoms with van der Waals surface area (Å²) in [5.74, 6) is -0.463. The quantitative estimate of drug-likeness (QED) is 0.135. The highest BCUT2D eigenvalue weighted by molar-refractivity contribution is 8.00. The predicted molar refractivity (Wildman–Crippen MR) is 262 cm³/mol. The van der Waals surface area contributed by atoms with E-state index in [4.69, 9.17) is 35.3 Å². The van der Waals surface area contributed by atoms with E-state index in [9.17, 15) is 33.9 Å². The Hall–Kier alpha value is -4.20. The molecule has 4 saturated heterocycles. The number of ether oxygens (including phenoxy) is 5. The van der Waals surface area contributed by atoms with Crippen LogP contribution >= 0.6 is 23.4 Å². The van der Waals surface area contributed by atoms with Crippen LogP contribution in [-0.2, 0) is 49.3 Å². The number of methoxy groups -OCH3 is 2. The van der Waals surface area contributed by atoms with Crippen LogP contribution in [0.5, 0.6) is 5.75 Å². The van der Waals surface area contributed by atoms with Gasteiger partial charge in [0.1, 0.15) is 34.7 Å². The van der Waals surface area contributed by atoms with Crippen molar-refractivity contribution in [2.75, 3.05) is 51.6 Å². The molecule has 1 aromatic carbocycles. The van der Waals surface area contributed by atoms with Crippen LogP contribution in [0.2, 0.25) is 5.02 Å². The number of rotatable bonds is 11. The molecule has 5 aliphatic heterocycles. The van der Waals surface area contributed by atoms with Gasteiger partial charge >= 0.3 is 12.1 Å². The summed E-state index contributed by atoms with van der Waals surface area (Å²) in [6.45, 7) is 7.76. The highest BCUT2D eigenvalue weighted by Gasteiger charge is 2.64. The number of hydrogen-bond donors (Lipinski definition) is 3. The van der Waals surface area contributed by atoms with Gasteiger partial charge in [0, 0.05) is 58.5 Å². The number of allylic oxidation sites excluding steroid dienone is 3. The van der Waals surface area contributed by atoms with Gasteiger partial charge < -0.3 is 33.7 Å². The molecule has 2 saturated carbocycles. The lowest BCUT2D eigenvalue weighted by Crippen LogP contribution is -2.63. The van der Waals surface area contributed by atoms with Crippen LogP contribution in [0, 0.1) is 29.6 Å². The Morgan fingerprint density at radius 3 is 2.36 bits per heavy atom. The average Bonchev–Trinajstić information content (AvgIpc) is 3.95. The maximum Gasteiger partial charge on any atom is 0.409 e. The van der Waals surface area contributed by atoms with E-state index in [2.05, 4.69) is 10.7 Å². The minimum Gasteiger partial charge on any atom is -0.495 e. The van der Waals surface area contributed by atoms with Gasteiger partial charge in [-0.05, 0) is 113 Å². The first-order valence-electron chi connectivity index (χ1n) is 25.0. The lowest BCUT2D eigenvalue weighted by molar-refractivity contribution is -0.160. The number of esters is 1. The Labute approximate surface area is 420 Å². The fourth-order valence-corrected chi connectivity index (χ4v) is 12.9. The molecule has 0 aromatic heterocycles. The van der Waals surface area contributed by atoms with E-state index in [-0.39, 0.29) is 65.7 Å². The van der Waals surface area contributed by atoms with E-state index < -0.39 is 64.9 Å². The fraction of sp³-hybridized carbons (Fsp3) is 0.686. The van der Waals surface area contributed by atoms with E-state index in [1.807, 2.05) is 37.1 Å². The second kappa shape index (κ2) is 21.9. The van der Waals surface area contributed by atoms with Crippen LogP contribution in [0.4, 0.5) is 10.5 Å². The first-order valence-corrected chi connectivity index (χ1v) is 26.4. The lowest BCUT2D eigenvalue weighted by atomic mass is 9.81. The molecular weight excluding hydrogens is 942 g/mol. The number of halogens is 1. The van der Waals surface area contributed by atoms with Crippen molar-refractivity contribution in [3.8, 4) is 5.75 Å². The number of thioether (sulfide) groups is 1. The van der Waals surface area contributed by atoms with Crippen LogP contribution in [0.15, 0.2) is 35.9 Å². The SMILES string of the molecule is COc1cc2cc(c1Cl)N(C)C(=O)C[C@H](OC(=O)C1CCC(CSC3CC(=O)N(CC4CCC(C(=O)NN5CCC5)CC4)C3=O)CC1)[C@]1(C)O[C@H]1[C@H](C)C1C[C@@](O)(NC(=O)O1)[C@H](OC)/C=C/C=C(\C)C2. The molecule has 1 aromatic rings. The summed E-state index contributed by atoms with van der Waals surface area (Å²) in [4.78, 5) is 83.8. The predicted octanol–water partition coefficient (Wildman–Crippen LogP) is 5.88. The van der Waals surface area contributed by atoms with Gasteiger partial charge in [0.05, 0.1) is 36.5 Å². The number of aliphatic hydroxyl groups is 1. The van der Waals surface area contributed by atoms with Gasteiger partial charge in [-0.25, -0.2) is 9.80 Å². The van der Waals surface area contributed by atoms with Gasteiger partial charge in [-0.15, -0.1) is 11.8 Å². The molecular formula is C51H70ClN5O12S. The number of nitrogens with one attached hydrogen (secondary N) is 2. The van der Waals surface area contributed by atoms with Crippen molar-refractivity contribution in [1.29, 1.82) is 0 Å². The van der Waals surface area contributed by atoms with Crippen LogP contribution in [0.1, 0.15) is 103 Å². The van der Waals surface area contributed by atoms with Gasteiger partial charge in [0.25, 0.3) is 0 Å². The summed E-state index contributed by atoms with van der Waals surface area (Å²) < 4.78 is 29.8. The van der Waals surface area contributed by atoms with Gasteiger partial charge in [-0.3, -0.25) is 39.6 Å². The standard InChI is InChI=1S/C51H70ClN5O12S/c1-29-9-7-10-40(66-6)51(64)26-38(67-49(63)53-51)30(2)45-50(3,69-45)41(25-42(58)55(4)36-22-33(21-29)23-37(65-5)44(36)52)68-48(62)35-17-13-32(14-18-35)28-70-39-24-43(59)57(47(39)61)27-31-11-15-34(16-12-31)46(60)54-56-19-8-20-56/h7,9-10,22-23,30-32,34-35,38-41,45,64H,8,11-21,24-28H2,1-6H3,(H,53,63)(H,54,60)/b10-7+,29-9+/t30-,31?,32?,34?,35?,38?,39?,40-,41+,45+,50+,51+/m1/s1. The Balaban J connectivity index is 0.904. The molecule has 2 aliphatic carbocycles. The average molecular weight is 1010 g/mol. The number of amides is 5. The maximum atomic E-state index is 14.4. The van der Waals surface area contributed by atoms with E-state index >= 15 is 0 Å². The van der Waals surface area contributed by atoms with Crippen molar-refractivity contribution in [1.82, 2.24) is 20.7 Å². The normalized spacial score (nSPS) is 36.4. The number of benzene rings is 1. The zero-order valence-corrected chi connectivity index (χ0v) is 42.8.